The van der Waals surface area contributed by atoms with Gasteiger partial charge in [-0.3, -0.25) is 0 Å². The number of aliphatic hydroxyl groups is 1. The van der Waals surface area contributed by atoms with Crippen LogP contribution in [0.1, 0.15) is 32.6 Å². The molecule has 0 saturated heterocycles. The van der Waals surface area contributed by atoms with Crippen molar-refractivity contribution in [2.24, 2.45) is 11.3 Å². The maximum atomic E-state index is 9.22. The molecule has 9 heavy (non-hydrogen) atoms. The SMILES string of the molecule is CC1C(O)CC12CCC2. The van der Waals surface area contributed by atoms with Gasteiger partial charge in [-0.15, -0.1) is 0 Å². The lowest BCUT2D eigenvalue weighted by molar-refractivity contribution is -0.142. The zero-order valence-corrected chi connectivity index (χ0v) is 5.93. The summed E-state index contributed by atoms with van der Waals surface area (Å²) in [7, 11) is 0. The highest BCUT2D eigenvalue weighted by atomic mass is 16.3. The first-order valence-corrected chi connectivity index (χ1v) is 3.93. The molecule has 1 nitrogen and oxygen atoms in total. The summed E-state index contributed by atoms with van der Waals surface area (Å²) in [6.45, 7) is 2.19. The molecule has 0 bridgehead atoms. The van der Waals surface area contributed by atoms with Crippen molar-refractivity contribution in [1.29, 1.82) is 0 Å². The van der Waals surface area contributed by atoms with E-state index in [9.17, 15) is 5.11 Å². The molecule has 2 saturated carbocycles. The Morgan fingerprint density at radius 3 is 2.22 bits per heavy atom. The molecule has 0 aromatic heterocycles. The fraction of sp³-hybridized carbons (Fsp3) is 1.00. The summed E-state index contributed by atoms with van der Waals surface area (Å²) in [5.74, 6) is 0.603. The molecule has 0 aromatic rings. The summed E-state index contributed by atoms with van der Waals surface area (Å²) in [5, 5.41) is 9.22. The quantitative estimate of drug-likeness (QED) is 0.522. The Hall–Kier alpha value is -0.0400. The summed E-state index contributed by atoms with van der Waals surface area (Å²) in [4.78, 5) is 0. The zero-order valence-electron chi connectivity index (χ0n) is 5.93. The second-order valence-electron chi connectivity index (χ2n) is 3.78. The molecule has 0 aromatic carbocycles. The minimum atomic E-state index is 0.0327. The normalized spacial score (nSPS) is 46.0. The number of hydrogen-bond donors (Lipinski definition) is 1. The van der Waals surface area contributed by atoms with Crippen molar-refractivity contribution in [1.82, 2.24) is 0 Å². The molecule has 2 fully saturated rings. The molecule has 52 valence electrons. The second kappa shape index (κ2) is 1.51. The Morgan fingerprint density at radius 1 is 1.44 bits per heavy atom. The molecular formula is C8H14O. The van der Waals surface area contributed by atoms with E-state index >= 15 is 0 Å². The summed E-state index contributed by atoms with van der Waals surface area (Å²) in [5.41, 5.74) is 0.624. The maximum absolute atomic E-state index is 9.22. The summed E-state index contributed by atoms with van der Waals surface area (Å²) >= 11 is 0. The van der Waals surface area contributed by atoms with E-state index in [1.54, 1.807) is 0 Å². The van der Waals surface area contributed by atoms with Gasteiger partial charge in [-0.1, -0.05) is 13.3 Å². The number of hydrogen-bond acceptors (Lipinski definition) is 1. The molecule has 0 amide bonds. The first kappa shape index (κ1) is 5.72. The van der Waals surface area contributed by atoms with E-state index in [0.29, 0.717) is 11.3 Å². The number of rotatable bonds is 0. The van der Waals surface area contributed by atoms with E-state index in [-0.39, 0.29) is 6.10 Å². The van der Waals surface area contributed by atoms with Crippen LogP contribution >= 0.6 is 0 Å². The fourth-order valence-corrected chi connectivity index (χ4v) is 2.32. The Kier molecular flexibility index (Phi) is 0.963. The zero-order chi connectivity index (χ0) is 6.48. The van der Waals surface area contributed by atoms with Gasteiger partial charge in [-0.2, -0.15) is 0 Å². The van der Waals surface area contributed by atoms with Gasteiger partial charge in [-0.05, 0) is 30.6 Å². The van der Waals surface area contributed by atoms with Crippen LogP contribution in [0, 0.1) is 11.3 Å². The van der Waals surface area contributed by atoms with Crippen LogP contribution in [0.2, 0.25) is 0 Å². The van der Waals surface area contributed by atoms with Gasteiger partial charge < -0.3 is 5.11 Å². The van der Waals surface area contributed by atoms with Crippen LogP contribution in [-0.4, -0.2) is 11.2 Å². The Morgan fingerprint density at radius 2 is 2.11 bits per heavy atom. The van der Waals surface area contributed by atoms with Crippen molar-refractivity contribution >= 4 is 0 Å². The minimum absolute atomic E-state index is 0.0327. The van der Waals surface area contributed by atoms with E-state index in [2.05, 4.69) is 6.92 Å². The third-order valence-electron chi connectivity index (χ3n) is 3.51. The predicted octanol–water partition coefficient (Wildman–Crippen LogP) is 1.56. The maximum Gasteiger partial charge on any atom is 0.0576 e. The van der Waals surface area contributed by atoms with Gasteiger partial charge in [0.2, 0.25) is 0 Å². The van der Waals surface area contributed by atoms with Crippen LogP contribution < -0.4 is 0 Å². The molecule has 0 radical (unpaired) electrons. The van der Waals surface area contributed by atoms with Gasteiger partial charge in [0.1, 0.15) is 0 Å². The van der Waals surface area contributed by atoms with Gasteiger partial charge in [-0.25, -0.2) is 0 Å². The molecule has 2 aliphatic rings. The molecule has 0 heterocycles. The van der Waals surface area contributed by atoms with Crippen molar-refractivity contribution in [3.63, 3.8) is 0 Å². The fourth-order valence-electron chi connectivity index (χ4n) is 2.32. The van der Waals surface area contributed by atoms with Crippen molar-refractivity contribution < 1.29 is 5.11 Å². The highest BCUT2D eigenvalue weighted by molar-refractivity contribution is 5.03. The van der Waals surface area contributed by atoms with Crippen molar-refractivity contribution in [2.75, 3.05) is 0 Å². The van der Waals surface area contributed by atoms with Gasteiger partial charge in [0.15, 0.2) is 0 Å². The monoisotopic (exact) mass is 126 g/mol. The van der Waals surface area contributed by atoms with E-state index in [0.717, 1.165) is 6.42 Å². The summed E-state index contributed by atoms with van der Waals surface area (Å²) in [6, 6.07) is 0. The first-order valence-electron chi connectivity index (χ1n) is 3.93. The third-order valence-corrected chi connectivity index (χ3v) is 3.51. The van der Waals surface area contributed by atoms with Crippen molar-refractivity contribution in [3.05, 3.63) is 0 Å². The highest BCUT2D eigenvalue weighted by Crippen LogP contribution is 2.59. The highest BCUT2D eigenvalue weighted by Gasteiger charge is 2.53. The third kappa shape index (κ3) is 0.536. The lowest BCUT2D eigenvalue weighted by Crippen LogP contribution is -2.53. The number of aliphatic hydroxyl groups excluding tert-OH is 1. The average molecular weight is 126 g/mol. The summed E-state index contributed by atoms with van der Waals surface area (Å²) in [6.07, 6.45) is 5.28. The predicted molar refractivity (Wildman–Crippen MR) is 36.1 cm³/mol. The van der Waals surface area contributed by atoms with Gasteiger partial charge >= 0.3 is 0 Å². The lowest BCUT2D eigenvalue weighted by Gasteiger charge is -2.57. The second-order valence-corrected chi connectivity index (χ2v) is 3.78. The molecule has 0 aliphatic heterocycles. The molecule has 2 unspecified atom stereocenters. The van der Waals surface area contributed by atoms with Gasteiger partial charge in [0, 0.05) is 0 Å². The van der Waals surface area contributed by atoms with Gasteiger partial charge in [0.05, 0.1) is 6.10 Å². The molecule has 1 spiro atoms. The largest absolute Gasteiger partial charge is 0.393 e. The van der Waals surface area contributed by atoms with Crippen molar-refractivity contribution in [3.8, 4) is 0 Å². The molecule has 2 rings (SSSR count). The molecular weight excluding hydrogens is 112 g/mol. The Bertz CT molecular complexity index is 127. The van der Waals surface area contributed by atoms with E-state index in [1.807, 2.05) is 0 Å². The first-order chi connectivity index (χ1) is 4.25. The van der Waals surface area contributed by atoms with Crippen LogP contribution in [-0.2, 0) is 0 Å². The van der Waals surface area contributed by atoms with E-state index in [4.69, 9.17) is 0 Å². The minimum Gasteiger partial charge on any atom is -0.393 e. The molecule has 1 heteroatoms. The van der Waals surface area contributed by atoms with Gasteiger partial charge in [0.25, 0.3) is 0 Å². The van der Waals surface area contributed by atoms with Crippen LogP contribution in [0.15, 0.2) is 0 Å². The average Bonchev–Trinajstić information content (AvgIpc) is 1.77. The van der Waals surface area contributed by atoms with Crippen LogP contribution in [0.5, 0.6) is 0 Å². The summed E-state index contributed by atoms with van der Waals surface area (Å²) < 4.78 is 0. The standard InChI is InChI=1S/C8H14O/c1-6-7(9)5-8(6)3-2-4-8/h6-7,9H,2-5H2,1H3. The molecule has 1 N–H and O–H groups in total. The van der Waals surface area contributed by atoms with E-state index < -0.39 is 0 Å². The van der Waals surface area contributed by atoms with Crippen LogP contribution in [0.3, 0.4) is 0 Å². The smallest absolute Gasteiger partial charge is 0.0576 e. The van der Waals surface area contributed by atoms with Crippen LogP contribution in [0.25, 0.3) is 0 Å². The molecule has 2 atom stereocenters. The molecule has 2 aliphatic carbocycles. The van der Waals surface area contributed by atoms with Crippen LogP contribution in [0.4, 0.5) is 0 Å². The Labute approximate surface area is 56.1 Å². The topological polar surface area (TPSA) is 20.2 Å². The van der Waals surface area contributed by atoms with Crippen molar-refractivity contribution in [2.45, 2.75) is 38.7 Å². The Balaban J connectivity index is 2.02. The van der Waals surface area contributed by atoms with E-state index in [1.165, 1.54) is 19.3 Å². The lowest BCUT2D eigenvalue weighted by atomic mass is 9.49.